The Balaban J connectivity index is 1.54. The largest absolute Gasteiger partial charge is 0.390 e. The smallest absolute Gasteiger partial charge is 0.253 e. The topological polar surface area (TPSA) is 82.9 Å². The van der Waals surface area contributed by atoms with Crippen molar-refractivity contribution in [2.75, 3.05) is 0 Å². The van der Waals surface area contributed by atoms with Crippen molar-refractivity contribution in [2.24, 2.45) is 5.92 Å². The Hall–Kier alpha value is -2.60. The summed E-state index contributed by atoms with van der Waals surface area (Å²) < 4.78 is 1.90. The van der Waals surface area contributed by atoms with Crippen molar-refractivity contribution in [3.05, 3.63) is 48.7 Å². The number of aromatic nitrogens is 3. The number of carbonyl (C=O) groups excluding carboxylic acids is 1. The van der Waals surface area contributed by atoms with Crippen LogP contribution in [0.5, 0.6) is 0 Å². The number of H-pyrrole nitrogens is 1. The van der Waals surface area contributed by atoms with Gasteiger partial charge >= 0.3 is 0 Å². The lowest BCUT2D eigenvalue weighted by Crippen LogP contribution is -2.41. The van der Waals surface area contributed by atoms with Gasteiger partial charge in [0, 0.05) is 35.7 Å². The van der Waals surface area contributed by atoms with Gasteiger partial charge in [-0.3, -0.25) is 4.79 Å². The van der Waals surface area contributed by atoms with E-state index in [0.717, 1.165) is 42.3 Å². The number of nitrogens with zero attached hydrogens (tertiary/aromatic N) is 2. The van der Waals surface area contributed by atoms with E-state index in [1.54, 1.807) is 12.5 Å². The summed E-state index contributed by atoms with van der Waals surface area (Å²) >= 11 is 0. The lowest BCUT2D eigenvalue weighted by Gasteiger charge is -2.36. The highest BCUT2D eigenvalue weighted by Crippen LogP contribution is 2.32. The summed E-state index contributed by atoms with van der Waals surface area (Å²) in [5.41, 5.74) is 1.76. The molecule has 0 spiro atoms. The van der Waals surface area contributed by atoms with Crippen molar-refractivity contribution in [1.29, 1.82) is 0 Å². The minimum Gasteiger partial charge on any atom is -0.390 e. The first-order chi connectivity index (χ1) is 12.9. The molecule has 2 aromatic heterocycles. The normalized spacial score (nSPS) is 20.7. The van der Waals surface area contributed by atoms with Gasteiger partial charge in [-0.25, -0.2) is 4.98 Å². The molecule has 0 bridgehead atoms. The van der Waals surface area contributed by atoms with Crippen LogP contribution >= 0.6 is 0 Å². The summed E-state index contributed by atoms with van der Waals surface area (Å²) in [6, 6.07) is 6.07. The van der Waals surface area contributed by atoms with Crippen molar-refractivity contribution in [1.82, 2.24) is 19.9 Å². The summed E-state index contributed by atoms with van der Waals surface area (Å²) in [5.74, 6) is 0.237. The average molecular weight is 366 g/mol. The fourth-order valence-corrected chi connectivity index (χ4v) is 4.10. The molecule has 1 aliphatic carbocycles. The van der Waals surface area contributed by atoms with Crippen LogP contribution in [0.25, 0.3) is 16.6 Å². The van der Waals surface area contributed by atoms with E-state index >= 15 is 0 Å². The van der Waals surface area contributed by atoms with Gasteiger partial charge in [-0.1, -0.05) is 0 Å². The fraction of sp³-hybridized carbons (Fsp3) is 0.429. The Morgan fingerprint density at radius 1 is 1.30 bits per heavy atom. The molecule has 1 amide bonds. The summed E-state index contributed by atoms with van der Waals surface area (Å²) in [4.78, 5) is 20.3. The van der Waals surface area contributed by atoms with Gasteiger partial charge < -0.3 is 20.0 Å². The van der Waals surface area contributed by atoms with Gasteiger partial charge in [0.2, 0.25) is 0 Å². The number of nitrogens with one attached hydrogen (secondary N) is 2. The van der Waals surface area contributed by atoms with E-state index < -0.39 is 5.60 Å². The molecular weight excluding hydrogens is 340 g/mol. The number of fused-ring (bicyclic) bond motifs is 1. The first-order valence-electron chi connectivity index (χ1n) is 9.54. The SMILES string of the molecule is CC(C)(O)[C@H]1CC[C@H](NC(=O)c2cc(-n3ccnc3)cc3cc[nH]c23)CC1. The molecule has 6 heteroatoms. The Morgan fingerprint density at radius 2 is 2.07 bits per heavy atom. The van der Waals surface area contributed by atoms with Crippen LogP contribution in [0.4, 0.5) is 0 Å². The number of carbonyl (C=O) groups is 1. The van der Waals surface area contributed by atoms with Gasteiger partial charge in [0.25, 0.3) is 5.91 Å². The third-order valence-electron chi connectivity index (χ3n) is 5.75. The summed E-state index contributed by atoms with van der Waals surface area (Å²) in [7, 11) is 0. The molecule has 27 heavy (non-hydrogen) atoms. The van der Waals surface area contributed by atoms with Crippen LogP contribution in [0.2, 0.25) is 0 Å². The predicted molar refractivity (Wildman–Crippen MR) is 105 cm³/mol. The number of hydrogen-bond acceptors (Lipinski definition) is 3. The molecule has 0 unspecified atom stereocenters. The molecule has 2 heterocycles. The van der Waals surface area contributed by atoms with E-state index in [9.17, 15) is 9.90 Å². The molecule has 0 aliphatic heterocycles. The molecule has 0 atom stereocenters. The first-order valence-corrected chi connectivity index (χ1v) is 9.54. The Kier molecular flexibility index (Phi) is 4.52. The maximum Gasteiger partial charge on any atom is 0.253 e. The zero-order valence-corrected chi connectivity index (χ0v) is 15.8. The Labute approximate surface area is 158 Å². The standard InChI is InChI=1S/C21H26N4O2/c1-21(2,27)15-3-5-16(6-4-15)24-20(26)18-12-17(25-10-9-22-13-25)11-14-7-8-23-19(14)18/h7-13,15-16,23,27H,3-6H2,1-2H3,(H,24,26)/t15-,16-. The molecule has 6 nitrogen and oxygen atoms in total. The van der Waals surface area contributed by atoms with E-state index in [-0.39, 0.29) is 11.9 Å². The molecule has 3 N–H and O–H groups in total. The van der Waals surface area contributed by atoms with Gasteiger partial charge in [-0.2, -0.15) is 0 Å². The van der Waals surface area contributed by atoms with Crippen molar-refractivity contribution >= 4 is 16.8 Å². The number of hydrogen-bond donors (Lipinski definition) is 3. The molecule has 0 saturated heterocycles. The van der Waals surface area contributed by atoms with Gasteiger partial charge in [0.15, 0.2) is 0 Å². The number of rotatable bonds is 4. The van der Waals surface area contributed by atoms with Crippen molar-refractivity contribution in [3.8, 4) is 5.69 Å². The van der Waals surface area contributed by atoms with E-state index in [1.165, 1.54) is 0 Å². The Bertz CT molecular complexity index is 929. The second-order valence-electron chi connectivity index (χ2n) is 8.08. The van der Waals surface area contributed by atoms with Crippen LogP contribution in [0.3, 0.4) is 0 Å². The van der Waals surface area contributed by atoms with Gasteiger partial charge in [0.05, 0.1) is 23.0 Å². The lowest BCUT2D eigenvalue weighted by molar-refractivity contribution is -0.00257. The monoisotopic (exact) mass is 366 g/mol. The zero-order chi connectivity index (χ0) is 19.0. The second-order valence-corrected chi connectivity index (χ2v) is 8.08. The molecule has 3 aromatic rings. The summed E-state index contributed by atoms with van der Waals surface area (Å²) in [6.07, 6.45) is 10.8. The number of aromatic amines is 1. The number of imidazole rings is 1. The quantitative estimate of drug-likeness (QED) is 0.662. The first kappa shape index (κ1) is 17.8. The highest BCUT2D eigenvalue weighted by Gasteiger charge is 2.32. The van der Waals surface area contributed by atoms with E-state index in [4.69, 9.17) is 0 Å². The minimum atomic E-state index is -0.648. The fourth-order valence-electron chi connectivity index (χ4n) is 4.10. The van der Waals surface area contributed by atoms with Crippen LogP contribution in [-0.4, -0.2) is 37.2 Å². The maximum atomic E-state index is 13.0. The van der Waals surface area contributed by atoms with Crippen LogP contribution < -0.4 is 5.32 Å². The highest BCUT2D eigenvalue weighted by molar-refractivity contribution is 6.06. The molecular formula is C21H26N4O2. The number of aliphatic hydroxyl groups is 1. The highest BCUT2D eigenvalue weighted by atomic mass is 16.3. The van der Waals surface area contributed by atoms with Crippen LogP contribution in [0, 0.1) is 5.92 Å². The van der Waals surface area contributed by atoms with Crippen LogP contribution in [-0.2, 0) is 0 Å². The molecule has 4 rings (SSSR count). The third-order valence-corrected chi connectivity index (χ3v) is 5.75. The van der Waals surface area contributed by atoms with Crippen molar-refractivity contribution in [3.63, 3.8) is 0 Å². The molecule has 1 aliphatic rings. The number of benzene rings is 1. The molecule has 0 radical (unpaired) electrons. The summed E-state index contributed by atoms with van der Waals surface area (Å²) in [6.45, 7) is 3.75. The Morgan fingerprint density at radius 3 is 2.74 bits per heavy atom. The van der Waals surface area contributed by atoms with Crippen LogP contribution in [0.15, 0.2) is 43.1 Å². The minimum absolute atomic E-state index is 0.0591. The average Bonchev–Trinajstić information content (AvgIpc) is 3.32. The molecule has 142 valence electrons. The second kappa shape index (κ2) is 6.85. The van der Waals surface area contributed by atoms with E-state index in [1.807, 2.05) is 49.0 Å². The van der Waals surface area contributed by atoms with E-state index in [2.05, 4.69) is 15.3 Å². The molecule has 1 aromatic carbocycles. The molecule has 1 saturated carbocycles. The zero-order valence-electron chi connectivity index (χ0n) is 15.8. The van der Waals surface area contributed by atoms with Gasteiger partial charge in [0.1, 0.15) is 0 Å². The van der Waals surface area contributed by atoms with Gasteiger partial charge in [-0.05, 0) is 63.6 Å². The van der Waals surface area contributed by atoms with Crippen LogP contribution in [0.1, 0.15) is 49.9 Å². The van der Waals surface area contributed by atoms with Crippen molar-refractivity contribution < 1.29 is 9.90 Å². The third kappa shape index (κ3) is 3.62. The maximum absolute atomic E-state index is 13.0. The summed E-state index contributed by atoms with van der Waals surface area (Å²) in [5, 5.41) is 14.4. The predicted octanol–water partition coefficient (Wildman–Crippen LogP) is 3.41. The lowest BCUT2D eigenvalue weighted by atomic mass is 9.77. The van der Waals surface area contributed by atoms with Crippen molar-refractivity contribution in [2.45, 2.75) is 51.2 Å². The van der Waals surface area contributed by atoms with E-state index in [0.29, 0.717) is 11.5 Å². The van der Waals surface area contributed by atoms with Gasteiger partial charge in [-0.15, -0.1) is 0 Å². The molecule has 1 fully saturated rings. The number of amides is 1.